The summed E-state index contributed by atoms with van der Waals surface area (Å²) in [4.78, 5) is 23.9. The molecule has 0 bridgehead atoms. The molecule has 7 nitrogen and oxygen atoms in total. The first kappa shape index (κ1) is 16.9. The van der Waals surface area contributed by atoms with Crippen molar-refractivity contribution in [2.45, 2.75) is 19.9 Å². The predicted molar refractivity (Wildman–Crippen MR) is 109 cm³/mol. The summed E-state index contributed by atoms with van der Waals surface area (Å²) in [5.41, 5.74) is 3.78. The van der Waals surface area contributed by atoms with Crippen molar-refractivity contribution in [1.29, 1.82) is 0 Å². The average molecular weight is 375 g/mol. The van der Waals surface area contributed by atoms with E-state index in [-0.39, 0.29) is 5.43 Å². The highest BCUT2D eigenvalue weighted by molar-refractivity contribution is 5.82. The lowest BCUT2D eigenvalue weighted by Crippen LogP contribution is -2.49. The van der Waals surface area contributed by atoms with Crippen LogP contribution >= 0.6 is 0 Å². The largest absolute Gasteiger partial charge is 0.454 e. The Hall–Kier alpha value is -3.19. The van der Waals surface area contributed by atoms with Crippen LogP contribution in [-0.4, -0.2) is 40.0 Å². The summed E-state index contributed by atoms with van der Waals surface area (Å²) in [5.74, 6) is 0.461. The fourth-order valence-electron chi connectivity index (χ4n) is 3.75. The van der Waals surface area contributed by atoms with Gasteiger partial charge in [-0.05, 0) is 32.0 Å². The van der Waals surface area contributed by atoms with Crippen LogP contribution in [0.5, 0.6) is 0 Å². The van der Waals surface area contributed by atoms with Crippen LogP contribution in [0.15, 0.2) is 52.1 Å². The van der Waals surface area contributed by atoms with Gasteiger partial charge in [0.05, 0.1) is 17.3 Å². The van der Waals surface area contributed by atoms with Gasteiger partial charge >= 0.3 is 0 Å². The maximum absolute atomic E-state index is 12.8. The fraction of sp³-hybridized carbons (Fsp3) is 0.286. The molecule has 1 aliphatic heterocycles. The van der Waals surface area contributed by atoms with Crippen molar-refractivity contribution in [3.05, 3.63) is 58.8 Å². The van der Waals surface area contributed by atoms with E-state index in [9.17, 15) is 4.79 Å². The lowest BCUT2D eigenvalue weighted by atomic mass is 10.1. The van der Waals surface area contributed by atoms with Crippen molar-refractivity contribution in [3.8, 4) is 11.5 Å². The van der Waals surface area contributed by atoms with Crippen molar-refractivity contribution in [1.82, 2.24) is 19.7 Å². The van der Waals surface area contributed by atoms with Gasteiger partial charge in [0.1, 0.15) is 11.3 Å². The summed E-state index contributed by atoms with van der Waals surface area (Å²) in [6, 6.07) is 7.78. The number of nitrogens with one attached hydrogen (secondary N) is 1. The zero-order valence-electron chi connectivity index (χ0n) is 15.8. The Balaban J connectivity index is 1.56. The Labute approximate surface area is 161 Å². The minimum absolute atomic E-state index is 0.0624. The van der Waals surface area contributed by atoms with Gasteiger partial charge in [0.15, 0.2) is 16.8 Å². The number of fused-ring (bicyclic) bond motifs is 2. The second-order valence-corrected chi connectivity index (χ2v) is 7.38. The van der Waals surface area contributed by atoms with Crippen LogP contribution in [0.2, 0.25) is 0 Å². The molecule has 7 heteroatoms. The zero-order chi connectivity index (χ0) is 19.3. The van der Waals surface area contributed by atoms with E-state index in [1.807, 2.05) is 41.9 Å². The van der Waals surface area contributed by atoms with Crippen molar-refractivity contribution >= 4 is 22.3 Å². The van der Waals surface area contributed by atoms with Gasteiger partial charge in [-0.2, -0.15) is 0 Å². The summed E-state index contributed by atoms with van der Waals surface area (Å²) in [5, 5.41) is 4.03. The molecule has 0 radical (unpaired) electrons. The molecule has 1 aromatic carbocycles. The number of imidazole rings is 1. The van der Waals surface area contributed by atoms with Crippen molar-refractivity contribution in [3.63, 3.8) is 0 Å². The third kappa shape index (κ3) is 2.93. The summed E-state index contributed by atoms with van der Waals surface area (Å²) >= 11 is 0. The molecule has 1 unspecified atom stereocenters. The number of aryl methyl sites for hydroxylation is 1. The Kier molecular flexibility index (Phi) is 3.91. The summed E-state index contributed by atoms with van der Waals surface area (Å²) < 4.78 is 7.91. The van der Waals surface area contributed by atoms with Crippen LogP contribution in [0.25, 0.3) is 28.1 Å². The molecule has 4 heterocycles. The molecule has 5 rings (SSSR count). The first-order chi connectivity index (χ1) is 13.6. The van der Waals surface area contributed by atoms with E-state index >= 15 is 0 Å². The lowest BCUT2D eigenvalue weighted by Gasteiger charge is -2.33. The average Bonchev–Trinajstić information content (AvgIpc) is 3.11. The second kappa shape index (κ2) is 6.45. The molecule has 1 N–H and O–H groups in total. The highest BCUT2D eigenvalue weighted by Crippen LogP contribution is 2.25. The molecule has 0 amide bonds. The van der Waals surface area contributed by atoms with Gasteiger partial charge < -0.3 is 19.0 Å². The highest BCUT2D eigenvalue weighted by Gasteiger charge is 2.17. The molecule has 3 aromatic heterocycles. The van der Waals surface area contributed by atoms with Gasteiger partial charge in [0.2, 0.25) is 0 Å². The van der Waals surface area contributed by atoms with Gasteiger partial charge in [-0.15, -0.1) is 0 Å². The van der Waals surface area contributed by atoms with E-state index in [0.29, 0.717) is 34.1 Å². The normalized spacial score (nSPS) is 17.5. The SMILES string of the molecule is Cc1cn2cc(-c3cc(=O)c4cc(N5CCNC(C)C5)ccc4o3)nc2cn1. The standard InChI is InChI=1S/C21H21N5O2/c1-13-10-25(6-5-22-13)15-3-4-19-16(7-15)18(27)8-20(28-19)17-12-26-11-14(2)23-9-21(26)24-17/h3-4,7-9,11-13,22H,5-6,10H2,1-2H3. The topological polar surface area (TPSA) is 75.7 Å². The number of benzene rings is 1. The van der Waals surface area contributed by atoms with Gasteiger partial charge in [0, 0.05) is 49.8 Å². The molecule has 1 fully saturated rings. The minimum Gasteiger partial charge on any atom is -0.454 e. The summed E-state index contributed by atoms with van der Waals surface area (Å²) in [7, 11) is 0. The third-order valence-electron chi connectivity index (χ3n) is 5.17. The maximum atomic E-state index is 12.8. The first-order valence-corrected chi connectivity index (χ1v) is 9.45. The monoisotopic (exact) mass is 375 g/mol. The molecule has 1 aliphatic rings. The number of rotatable bonds is 2. The van der Waals surface area contributed by atoms with Gasteiger partial charge in [-0.25, -0.2) is 4.98 Å². The quantitative estimate of drug-likeness (QED) is 0.580. The smallest absolute Gasteiger partial charge is 0.193 e. The van der Waals surface area contributed by atoms with E-state index in [1.165, 1.54) is 6.07 Å². The maximum Gasteiger partial charge on any atom is 0.193 e. The Morgan fingerprint density at radius 3 is 3.00 bits per heavy atom. The molecule has 1 saturated heterocycles. The molecule has 4 aromatic rings. The van der Waals surface area contributed by atoms with Crippen LogP contribution in [-0.2, 0) is 0 Å². The molecule has 0 aliphatic carbocycles. The zero-order valence-corrected chi connectivity index (χ0v) is 15.8. The van der Waals surface area contributed by atoms with Gasteiger partial charge in [0.25, 0.3) is 0 Å². The lowest BCUT2D eigenvalue weighted by molar-refractivity contribution is 0.485. The summed E-state index contributed by atoms with van der Waals surface area (Å²) in [6.45, 7) is 6.87. The van der Waals surface area contributed by atoms with E-state index in [2.05, 4.69) is 27.1 Å². The van der Waals surface area contributed by atoms with Crippen LogP contribution < -0.4 is 15.6 Å². The third-order valence-corrected chi connectivity index (χ3v) is 5.17. The molecule has 28 heavy (non-hydrogen) atoms. The van der Waals surface area contributed by atoms with Crippen LogP contribution in [0.4, 0.5) is 5.69 Å². The molecule has 0 spiro atoms. The van der Waals surface area contributed by atoms with Crippen LogP contribution in [0, 0.1) is 6.92 Å². The highest BCUT2D eigenvalue weighted by atomic mass is 16.3. The van der Waals surface area contributed by atoms with Crippen molar-refractivity contribution in [2.24, 2.45) is 0 Å². The van der Waals surface area contributed by atoms with E-state index < -0.39 is 0 Å². The number of aromatic nitrogens is 3. The van der Waals surface area contributed by atoms with Crippen molar-refractivity contribution < 1.29 is 4.42 Å². The Morgan fingerprint density at radius 2 is 2.14 bits per heavy atom. The number of piperazine rings is 1. The van der Waals surface area contributed by atoms with Crippen LogP contribution in [0.3, 0.4) is 0 Å². The van der Waals surface area contributed by atoms with Gasteiger partial charge in [-0.1, -0.05) is 0 Å². The van der Waals surface area contributed by atoms with E-state index in [4.69, 9.17) is 4.42 Å². The molecule has 0 saturated carbocycles. The Bertz CT molecular complexity index is 1240. The fourth-order valence-corrected chi connectivity index (χ4v) is 3.75. The number of hydrogen-bond donors (Lipinski definition) is 1. The molecule has 142 valence electrons. The molecule has 1 atom stereocenters. The summed E-state index contributed by atoms with van der Waals surface area (Å²) in [6.07, 6.45) is 5.45. The molecular formula is C21H21N5O2. The van der Waals surface area contributed by atoms with E-state index in [1.54, 1.807) is 6.20 Å². The van der Waals surface area contributed by atoms with E-state index in [0.717, 1.165) is 31.0 Å². The first-order valence-electron chi connectivity index (χ1n) is 9.45. The van der Waals surface area contributed by atoms with Crippen molar-refractivity contribution in [2.75, 3.05) is 24.5 Å². The number of anilines is 1. The molecular weight excluding hydrogens is 354 g/mol. The Morgan fingerprint density at radius 1 is 1.25 bits per heavy atom. The van der Waals surface area contributed by atoms with Crippen LogP contribution in [0.1, 0.15) is 12.6 Å². The predicted octanol–water partition coefficient (Wildman–Crippen LogP) is 2.61. The van der Waals surface area contributed by atoms with Gasteiger partial charge in [-0.3, -0.25) is 9.78 Å². The number of nitrogens with zero attached hydrogens (tertiary/aromatic N) is 4. The number of hydrogen-bond acceptors (Lipinski definition) is 6. The minimum atomic E-state index is -0.0624. The second-order valence-electron chi connectivity index (χ2n) is 7.38.